The molecule has 1 aliphatic heterocycles. The number of ether oxygens (including phenoxy) is 1. The number of rotatable bonds is 8. The highest BCUT2D eigenvalue weighted by molar-refractivity contribution is 5.94. The number of hydrogen-bond acceptors (Lipinski definition) is 4. The second kappa shape index (κ2) is 10.7. The summed E-state index contributed by atoms with van der Waals surface area (Å²) < 4.78 is 18.7. The van der Waals surface area contributed by atoms with Crippen LogP contribution in [-0.4, -0.2) is 79.4 Å². The van der Waals surface area contributed by atoms with Gasteiger partial charge in [-0.05, 0) is 42.8 Å². The standard InChI is InChI=1S/C23H28FN3O3/c1-25(12-5-17-30-21-6-3-2-4-7-21)22(28)18-26-13-15-27(16-14-26)23(29)19-8-10-20(24)11-9-19/h2-4,6-11H,5,12-18H2,1H3. The average molecular weight is 413 g/mol. The molecule has 1 saturated heterocycles. The van der Waals surface area contributed by atoms with Gasteiger partial charge in [-0.1, -0.05) is 18.2 Å². The lowest BCUT2D eigenvalue weighted by molar-refractivity contribution is -0.131. The fourth-order valence-corrected chi connectivity index (χ4v) is 3.33. The van der Waals surface area contributed by atoms with Crippen LogP contribution in [0.4, 0.5) is 4.39 Å². The minimum absolute atomic E-state index is 0.0630. The number of benzene rings is 2. The smallest absolute Gasteiger partial charge is 0.253 e. The Labute approximate surface area is 176 Å². The fraction of sp³-hybridized carbons (Fsp3) is 0.391. The van der Waals surface area contributed by atoms with Crippen LogP contribution in [0.3, 0.4) is 0 Å². The molecule has 0 saturated carbocycles. The third kappa shape index (κ3) is 6.29. The summed E-state index contributed by atoms with van der Waals surface area (Å²) >= 11 is 0. The van der Waals surface area contributed by atoms with E-state index in [-0.39, 0.29) is 17.6 Å². The summed E-state index contributed by atoms with van der Waals surface area (Å²) in [7, 11) is 1.80. The molecule has 1 fully saturated rings. The van der Waals surface area contributed by atoms with Gasteiger partial charge in [0.05, 0.1) is 13.2 Å². The lowest BCUT2D eigenvalue weighted by Crippen LogP contribution is -2.51. The zero-order chi connectivity index (χ0) is 21.3. The van der Waals surface area contributed by atoms with E-state index in [9.17, 15) is 14.0 Å². The molecule has 1 heterocycles. The number of piperazine rings is 1. The monoisotopic (exact) mass is 413 g/mol. The second-order valence-corrected chi connectivity index (χ2v) is 7.41. The van der Waals surface area contributed by atoms with Crippen LogP contribution in [0.1, 0.15) is 16.8 Å². The Morgan fingerprint density at radius 1 is 1.00 bits per heavy atom. The van der Waals surface area contributed by atoms with Crippen molar-refractivity contribution in [3.63, 3.8) is 0 Å². The van der Waals surface area contributed by atoms with E-state index in [0.29, 0.717) is 51.4 Å². The van der Waals surface area contributed by atoms with Crippen molar-refractivity contribution in [2.45, 2.75) is 6.42 Å². The highest BCUT2D eigenvalue weighted by atomic mass is 19.1. The molecule has 3 rings (SSSR count). The summed E-state index contributed by atoms with van der Waals surface area (Å²) in [6.07, 6.45) is 0.761. The topological polar surface area (TPSA) is 53.1 Å². The van der Waals surface area contributed by atoms with E-state index in [1.54, 1.807) is 16.8 Å². The lowest BCUT2D eigenvalue weighted by atomic mass is 10.2. The number of amides is 2. The van der Waals surface area contributed by atoms with E-state index >= 15 is 0 Å². The van der Waals surface area contributed by atoms with Crippen LogP contribution in [0.2, 0.25) is 0 Å². The van der Waals surface area contributed by atoms with E-state index in [0.717, 1.165) is 12.2 Å². The first kappa shape index (κ1) is 21.8. The van der Waals surface area contributed by atoms with Crippen molar-refractivity contribution in [3.8, 4) is 5.75 Å². The molecular weight excluding hydrogens is 385 g/mol. The van der Waals surface area contributed by atoms with E-state index in [2.05, 4.69) is 4.90 Å². The maximum Gasteiger partial charge on any atom is 0.253 e. The van der Waals surface area contributed by atoms with Gasteiger partial charge in [-0.15, -0.1) is 0 Å². The van der Waals surface area contributed by atoms with Gasteiger partial charge in [0.2, 0.25) is 5.91 Å². The largest absolute Gasteiger partial charge is 0.494 e. The molecule has 0 aromatic heterocycles. The van der Waals surface area contributed by atoms with E-state index in [1.165, 1.54) is 24.3 Å². The lowest BCUT2D eigenvalue weighted by Gasteiger charge is -2.35. The van der Waals surface area contributed by atoms with Crippen molar-refractivity contribution in [3.05, 3.63) is 66.0 Å². The van der Waals surface area contributed by atoms with Gasteiger partial charge in [-0.25, -0.2) is 4.39 Å². The number of carbonyl (C=O) groups excluding carboxylic acids is 2. The van der Waals surface area contributed by atoms with Crippen molar-refractivity contribution < 1.29 is 18.7 Å². The number of para-hydroxylation sites is 1. The molecule has 2 amide bonds. The molecule has 0 bridgehead atoms. The molecule has 0 N–H and O–H groups in total. The summed E-state index contributed by atoms with van der Waals surface area (Å²) in [6, 6.07) is 15.2. The van der Waals surface area contributed by atoms with Crippen molar-refractivity contribution >= 4 is 11.8 Å². The summed E-state index contributed by atoms with van der Waals surface area (Å²) in [5, 5.41) is 0. The van der Waals surface area contributed by atoms with Crippen LogP contribution in [0.25, 0.3) is 0 Å². The Morgan fingerprint density at radius 2 is 1.67 bits per heavy atom. The number of nitrogens with zero attached hydrogens (tertiary/aromatic N) is 3. The van der Waals surface area contributed by atoms with E-state index in [4.69, 9.17) is 4.74 Å². The number of likely N-dealkylation sites (N-methyl/N-ethyl adjacent to an activating group) is 1. The van der Waals surface area contributed by atoms with E-state index < -0.39 is 0 Å². The third-order valence-corrected chi connectivity index (χ3v) is 5.19. The first-order valence-electron chi connectivity index (χ1n) is 10.2. The fourth-order valence-electron chi connectivity index (χ4n) is 3.33. The maximum absolute atomic E-state index is 13.0. The van der Waals surface area contributed by atoms with Crippen LogP contribution in [0, 0.1) is 5.82 Å². The van der Waals surface area contributed by atoms with Crippen LogP contribution in [0.15, 0.2) is 54.6 Å². The van der Waals surface area contributed by atoms with E-state index in [1.807, 2.05) is 30.3 Å². The van der Waals surface area contributed by atoms with Crippen LogP contribution < -0.4 is 4.74 Å². The Kier molecular flexibility index (Phi) is 7.79. The molecule has 0 aliphatic carbocycles. The number of carbonyl (C=O) groups is 2. The number of halogens is 1. The SMILES string of the molecule is CN(CCCOc1ccccc1)C(=O)CN1CCN(C(=O)c2ccc(F)cc2)CC1. The van der Waals surface area contributed by atoms with Crippen molar-refractivity contribution in [2.75, 3.05) is 52.9 Å². The molecule has 1 aliphatic rings. The molecule has 0 unspecified atom stereocenters. The second-order valence-electron chi connectivity index (χ2n) is 7.41. The Bertz CT molecular complexity index is 821. The minimum atomic E-state index is -0.356. The normalized spacial score (nSPS) is 14.4. The molecule has 160 valence electrons. The van der Waals surface area contributed by atoms with Gasteiger partial charge >= 0.3 is 0 Å². The highest BCUT2D eigenvalue weighted by Gasteiger charge is 2.24. The van der Waals surface area contributed by atoms with Gasteiger partial charge in [0.15, 0.2) is 0 Å². The van der Waals surface area contributed by atoms with Gasteiger partial charge in [-0.3, -0.25) is 14.5 Å². The Hall–Kier alpha value is -2.93. The maximum atomic E-state index is 13.0. The predicted molar refractivity (Wildman–Crippen MR) is 113 cm³/mol. The molecule has 2 aromatic rings. The first-order chi connectivity index (χ1) is 14.5. The average Bonchev–Trinajstić information content (AvgIpc) is 2.78. The third-order valence-electron chi connectivity index (χ3n) is 5.19. The van der Waals surface area contributed by atoms with Crippen LogP contribution in [0.5, 0.6) is 5.75 Å². The van der Waals surface area contributed by atoms with Gasteiger partial charge in [0.1, 0.15) is 11.6 Å². The highest BCUT2D eigenvalue weighted by Crippen LogP contribution is 2.11. The number of hydrogen-bond donors (Lipinski definition) is 0. The van der Waals surface area contributed by atoms with Gasteiger partial charge < -0.3 is 14.5 Å². The van der Waals surface area contributed by atoms with Crippen molar-refractivity contribution in [2.24, 2.45) is 0 Å². The predicted octanol–water partition coefficient (Wildman–Crippen LogP) is 2.51. The molecule has 0 spiro atoms. The Balaban J connectivity index is 1.35. The van der Waals surface area contributed by atoms with Crippen molar-refractivity contribution in [1.29, 1.82) is 0 Å². The molecule has 30 heavy (non-hydrogen) atoms. The minimum Gasteiger partial charge on any atom is -0.494 e. The van der Waals surface area contributed by atoms with Crippen LogP contribution in [-0.2, 0) is 4.79 Å². The molecule has 0 atom stereocenters. The zero-order valence-corrected chi connectivity index (χ0v) is 17.3. The van der Waals surface area contributed by atoms with Gasteiger partial charge in [0, 0.05) is 45.3 Å². The first-order valence-corrected chi connectivity index (χ1v) is 10.2. The molecule has 2 aromatic carbocycles. The zero-order valence-electron chi connectivity index (χ0n) is 17.3. The summed E-state index contributed by atoms with van der Waals surface area (Å²) in [4.78, 5) is 30.5. The van der Waals surface area contributed by atoms with Crippen LogP contribution >= 0.6 is 0 Å². The molecule has 6 nitrogen and oxygen atoms in total. The molecule has 0 radical (unpaired) electrons. The van der Waals surface area contributed by atoms with Crippen molar-refractivity contribution in [1.82, 2.24) is 14.7 Å². The Morgan fingerprint density at radius 3 is 2.33 bits per heavy atom. The summed E-state index contributed by atoms with van der Waals surface area (Å²) in [5.41, 5.74) is 0.485. The van der Waals surface area contributed by atoms with Gasteiger partial charge in [-0.2, -0.15) is 0 Å². The molecular formula is C23H28FN3O3. The molecule has 7 heteroatoms. The summed E-state index contributed by atoms with van der Waals surface area (Å²) in [5.74, 6) is 0.440. The summed E-state index contributed by atoms with van der Waals surface area (Å²) in [6.45, 7) is 3.93. The van der Waals surface area contributed by atoms with Gasteiger partial charge in [0.25, 0.3) is 5.91 Å². The quantitative estimate of drug-likeness (QED) is 0.624.